The number of benzene rings is 2. The van der Waals surface area contributed by atoms with Gasteiger partial charge in [0.2, 0.25) is 5.95 Å². The fraction of sp³-hybridized carbons (Fsp3) is 0.0625. The number of anilines is 2. The second-order valence-corrected chi connectivity index (χ2v) is 4.98. The van der Waals surface area contributed by atoms with E-state index >= 15 is 0 Å². The van der Waals surface area contributed by atoms with Crippen molar-refractivity contribution in [3.05, 3.63) is 77.0 Å². The number of nitrogen functional groups attached to an aromatic ring is 2. The molecule has 0 saturated carbocycles. The summed E-state index contributed by atoms with van der Waals surface area (Å²) < 4.78 is 26.4. The highest BCUT2D eigenvalue weighted by Crippen LogP contribution is 2.33. The molecule has 1 heterocycles. The number of nitrogens with zero attached hydrogens (tertiary/aromatic N) is 3. The van der Waals surface area contributed by atoms with Crippen LogP contribution in [0.25, 0.3) is 0 Å². The first-order valence-corrected chi connectivity index (χ1v) is 6.81. The van der Waals surface area contributed by atoms with Crippen molar-refractivity contribution < 1.29 is 8.78 Å². The molecule has 23 heavy (non-hydrogen) atoms. The fourth-order valence-electron chi connectivity index (χ4n) is 2.38. The molecule has 0 amide bonds. The summed E-state index contributed by atoms with van der Waals surface area (Å²) >= 11 is 0. The molecule has 0 spiro atoms. The summed E-state index contributed by atoms with van der Waals surface area (Å²) in [6.45, 7) is 0. The maximum atomic E-state index is 13.2. The van der Waals surface area contributed by atoms with Crippen molar-refractivity contribution in [3.63, 3.8) is 0 Å². The first kappa shape index (κ1) is 14.8. The van der Waals surface area contributed by atoms with Gasteiger partial charge in [-0.3, -0.25) is 0 Å². The molecule has 0 aliphatic carbocycles. The minimum atomic E-state index is -0.461. The lowest BCUT2D eigenvalue weighted by molar-refractivity contribution is 0.625. The monoisotopic (exact) mass is 313 g/mol. The second kappa shape index (κ2) is 5.96. The van der Waals surface area contributed by atoms with Crippen molar-refractivity contribution in [2.24, 2.45) is 0 Å². The zero-order valence-corrected chi connectivity index (χ0v) is 11.9. The lowest BCUT2D eigenvalue weighted by atomic mass is 9.88. The van der Waals surface area contributed by atoms with Crippen molar-refractivity contribution in [2.75, 3.05) is 11.5 Å². The summed E-state index contributed by atoms with van der Waals surface area (Å²) in [4.78, 5) is 3.91. The van der Waals surface area contributed by atoms with Crippen molar-refractivity contribution in [1.82, 2.24) is 15.2 Å². The molecule has 3 aromatic rings. The average molecular weight is 313 g/mol. The fourth-order valence-corrected chi connectivity index (χ4v) is 2.38. The number of aromatic nitrogens is 3. The van der Waals surface area contributed by atoms with E-state index in [9.17, 15) is 8.78 Å². The molecule has 0 fully saturated rings. The third kappa shape index (κ3) is 3.08. The van der Waals surface area contributed by atoms with E-state index in [0.717, 1.165) is 11.1 Å². The van der Waals surface area contributed by atoms with Crippen LogP contribution in [0, 0.1) is 11.6 Å². The topological polar surface area (TPSA) is 90.7 Å². The molecule has 0 bridgehead atoms. The van der Waals surface area contributed by atoms with Gasteiger partial charge in [0.25, 0.3) is 0 Å². The number of hydrogen-bond donors (Lipinski definition) is 2. The number of rotatable bonds is 3. The van der Waals surface area contributed by atoms with Crippen molar-refractivity contribution in [1.29, 1.82) is 0 Å². The molecule has 0 radical (unpaired) electrons. The third-order valence-electron chi connectivity index (χ3n) is 3.44. The van der Waals surface area contributed by atoms with Crippen LogP contribution in [0.2, 0.25) is 0 Å². The van der Waals surface area contributed by atoms with Crippen LogP contribution in [0.4, 0.5) is 20.5 Å². The molecule has 0 aliphatic rings. The van der Waals surface area contributed by atoms with Crippen LogP contribution in [0.15, 0.2) is 48.5 Å². The van der Waals surface area contributed by atoms with Gasteiger partial charge in [0, 0.05) is 0 Å². The average Bonchev–Trinajstić information content (AvgIpc) is 2.53. The van der Waals surface area contributed by atoms with Crippen LogP contribution in [0.1, 0.15) is 22.7 Å². The van der Waals surface area contributed by atoms with Gasteiger partial charge < -0.3 is 11.5 Å². The van der Waals surface area contributed by atoms with Crippen LogP contribution in [-0.2, 0) is 0 Å². The highest BCUT2D eigenvalue weighted by molar-refractivity contribution is 5.49. The van der Waals surface area contributed by atoms with Crippen molar-refractivity contribution in [3.8, 4) is 0 Å². The van der Waals surface area contributed by atoms with Gasteiger partial charge in [-0.15, -0.1) is 10.2 Å². The van der Waals surface area contributed by atoms with Gasteiger partial charge >= 0.3 is 0 Å². The predicted molar refractivity (Wildman–Crippen MR) is 82.4 cm³/mol. The number of halogens is 2. The minimum absolute atomic E-state index is 0.0387. The summed E-state index contributed by atoms with van der Waals surface area (Å²) in [5, 5.41) is 7.76. The van der Waals surface area contributed by atoms with Crippen molar-refractivity contribution in [2.45, 2.75) is 5.92 Å². The molecule has 2 aromatic carbocycles. The van der Waals surface area contributed by atoms with Crippen LogP contribution in [0.3, 0.4) is 0 Å². The smallest absolute Gasteiger partial charge is 0.242 e. The predicted octanol–water partition coefficient (Wildman–Crippen LogP) is 2.49. The first-order chi connectivity index (χ1) is 11.0. The van der Waals surface area contributed by atoms with Crippen molar-refractivity contribution >= 4 is 11.8 Å². The molecule has 3 rings (SSSR count). The minimum Gasteiger partial charge on any atom is -0.382 e. The third-order valence-corrected chi connectivity index (χ3v) is 3.44. The van der Waals surface area contributed by atoms with E-state index < -0.39 is 5.92 Å². The zero-order chi connectivity index (χ0) is 16.4. The quantitative estimate of drug-likeness (QED) is 0.775. The van der Waals surface area contributed by atoms with E-state index in [1.807, 2.05) is 0 Å². The Kier molecular flexibility index (Phi) is 3.84. The SMILES string of the molecule is Nc1nnc(C(c2ccc(F)cc2)c2ccc(F)cc2)c(N)n1. The number of nitrogens with two attached hydrogens (primary N) is 2. The standard InChI is InChI=1S/C16H13F2N5/c17-11-5-1-9(2-6-11)13(10-3-7-12(18)8-4-10)14-15(19)21-16(20)23-22-14/h1-8,13H,(H4,19,20,21,23). The molecule has 5 nitrogen and oxygen atoms in total. The number of hydrogen-bond acceptors (Lipinski definition) is 5. The lowest BCUT2D eigenvalue weighted by Crippen LogP contribution is -2.13. The molecule has 1 aromatic heterocycles. The van der Waals surface area contributed by atoms with Gasteiger partial charge in [0.15, 0.2) is 5.82 Å². The van der Waals surface area contributed by atoms with Crippen LogP contribution in [-0.4, -0.2) is 15.2 Å². The van der Waals surface area contributed by atoms with Gasteiger partial charge in [-0.05, 0) is 35.4 Å². The second-order valence-electron chi connectivity index (χ2n) is 4.98. The van der Waals surface area contributed by atoms with Gasteiger partial charge in [0.1, 0.15) is 17.3 Å². The molecule has 7 heteroatoms. The lowest BCUT2D eigenvalue weighted by Gasteiger charge is -2.18. The summed E-state index contributed by atoms with van der Waals surface area (Å²) in [5.41, 5.74) is 13.2. The molecule has 0 aliphatic heterocycles. The van der Waals surface area contributed by atoms with Gasteiger partial charge in [-0.2, -0.15) is 4.98 Å². The van der Waals surface area contributed by atoms with E-state index in [-0.39, 0.29) is 23.4 Å². The summed E-state index contributed by atoms with van der Waals surface area (Å²) in [7, 11) is 0. The Morgan fingerprint density at radius 3 is 1.65 bits per heavy atom. The maximum Gasteiger partial charge on any atom is 0.242 e. The van der Waals surface area contributed by atoms with Crippen LogP contribution < -0.4 is 11.5 Å². The highest BCUT2D eigenvalue weighted by Gasteiger charge is 2.22. The Morgan fingerprint density at radius 2 is 1.22 bits per heavy atom. The first-order valence-electron chi connectivity index (χ1n) is 6.81. The Balaban J connectivity index is 2.16. The molecule has 0 atom stereocenters. The molecule has 0 unspecified atom stereocenters. The van der Waals surface area contributed by atoms with E-state index in [0.29, 0.717) is 5.69 Å². The van der Waals surface area contributed by atoms with E-state index in [1.165, 1.54) is 24.3 Å². The maximum absolute atomic E-state index is 13.2. The normalized spacial score (nSPS) is 10.9. The molecule has 116 valence electrons. The van der Waals surface area contributed by atoms with Gasteiger partial charge in [-0.1, -0.05) is 24.3 Å². The largest absolute Gasteiger partial charge is 0.382 e. The van der Waals surface area contributed by atoms with E-state index in [1.54, 1.807) is 24.3 Å². The van der Waals surface area contributed by atoms with Crippen LogP contribution >= 0.6 is 0 Å². The molecule has 0 saturated heterocycles. The Bertz CT molecular complexity index is 773. The van der Waals surface area contributed by atoms with E-state index in [4.69, 9.17) is 11.5 Å². The molecular formula is C16H13F2N5. The summed E-state index contributed by atoms with van der Waals surface area (Å²) in [5.74, 6) is -1.10. The van der Waals surface area contributed by atoms with Gasteiger partial charge in [-0.25, -0.2) is 8.78 Å². The van der Waals surface area contributed by atoms with Crippen LogP contribution in [0.5, 0.6) is 0 Å². The Hall–Kier alpha value is -3.09. The van der Waals surface area contributed by atoms with E-state index in [2.05, 4.69) is 15.2 Å². The van der Waals surface area contributed by atoms with Gasteiger partial charge in [0.05, 0.1) is 5.92 Å². The Morgan fingerprint density at radius 1 is 0.739 bits per heavy atom. The molecular weight excluding hydrogens is 300 g/mol. The summed E-state index contributed by atoms with van der Waals surface area (Å²) in [6.07, 6.45) is 0. The summed E-state index contributed by atoms with van der Waals surface area (Å²) in [6, 6.07) is 11.8. The highest BCUT2D eigenvalue weighted by atomic mass is 19.1. The zero-order valence-electron chi connectivity index (χ0n) is 11.9. The Labute approximate surface area is 131 Å². The molecule has 4 N–H and O–H groups in total.